The largest absolute Gasteiger partial charge is 0.326 e. The minimum Gasteiger partial charge on any atom is -0.326 e. The summed E-state index contributed by atoms with van der Waals surface area (Å²) in [5, 5.41) is 10.4. The fourth-order valence-corrected chi connectivity index (χ4v) is 1.81. The molecule has 1 aromatic carbocycles. The maximum Gasteiger partial charge on any atom is 0.230 e. The second-order valence-electron chi connectivity index (χ2n) is 3.90. The zero-order chi connectivity index (χ0) is 13.1. The van der Waals surface area contributed by atoms with Gasteiger partial charge in [0.1, 0.15) is 0 Å². The van der Waals surface area contributed by atoms with Gasteiger partial charge in [0, 0.05) is 11.4 Å². The second kappa shape index (κ2) is 5.42. The van der Waals surface area contributed by atoms with Crippen LogP contribution in [0.2, 0.25) is 10.0 Å². The number of amides is 1. The molecular weight excluding hydrogens is 273 g/mol. The third-order valence-electron chi connectivity index (χ3n) is 2.30. The van der Waals surface area contributed by atoms with Crippen LogP contribution in [0.1, 0.15) is 11.4 Å². The summed E-state index contributed by atoms with van der Waals surface area (Å²) < 4.78 is 0. The van der Waals surface area contributed by atoms with Gasteiger partial charge in [-0.3, -0.25) is 9.89 Å². The van der Waals surface area contributed by atoms with E-state index in [0.717, 1.165) is 5.69 Å². The molecule has 6 heteroatoms. The summed E-state index contributed by atoms with van der Waals surface area (Å²) in [6.07, 6.45) is 0.213. The van der Waals surface area contributed by atoms with E-state index in [1.165, 1.54) is 0 Å². The average molecular weight is 284 g/mol. The Bertz CT molecular complexity index is 580. The third-order valence-corrected chi connectivity index (χ3v) is 3.04. The molecule has 0 radical (unpaired) electrons. The maximum absolute atomic E-state index is 11.7. The number of aromatic amines is 1. The molecular formula is C12H11Cl2N3O. The maximum atomic E-state index is 11.7. The number of carbonyl (C=O) groups excluding carboxylic acids is 1. The number of benzene rings is 1. The molecule has 0 atom stereocenters. The molecule has 18 heavy (non-hydrogen) atoms. The van der Waals surface area contributed by atoms with Crippen LogP contribution in [0.15, 0.2) is 24.3 Å². The molecule has 94 valence electrons. The predicted molar refractivity (Wildman–Crippen MR) is 72.1 cm³/mol. The van der Waals surface area contributed by atoms with Crippen LogP contribution in [0.25, 0.3) is 0 Å². The van der Waals surface area contributed by atoms with E-state index in [-0.39, 0.29) is 12.3 Å². The molecule has 0 saturated carbocycles. The number of rotatable bonds is 3. The van der Waals surface area contributed by atoms with Crippen molar-refractivity contribution in [1.82, 2.24) is 10.2 Å². The SMILES string of the molecule is Cc1cc(CC(=O)Nc2ccc(Cl)c(Cl)c2)n[nH]1. The third kappa shape index (κ3) is 3.24. The number of carbonyl (C=O) groups is 1. The quantitative estimate of drug-likeness (QED) is 0.909. The molecule has 0 aliphatic carbocycles. The first kappa shape index (κ1) is 12.9. The van der Waals surface area contributed by atoms with Crippen molar-refractivity contribution in [3.8, 4) is 0 Å². The van der Waals surface area contributed by atoms with Crippen LogP contribution in [0.4, 0.5) is 5.69 Å². The van der Waals surface area contributed by atoms with E-state index in [2.05, 4.69) is 15.5 Å². The number of hydrogen-bond acceptors (Lipinski definition) is 2. The molecule has 0 unspecified atom stereocenters. The van der Waals surface area contributed by atoms with Crippen molar-refractivity contribution in [2.45, 2.75) is 13.3 Å². The first-order valence-corrected chi connectivity index (χ1v) is 6.06. The second-order valence-corrected chi connectivity index (χ2v) is 4.71. The Balaban J connectivity index is 2.00. The lowest BCUT2D eigenvalue weighted by Crippen LogP contribution is -2.14. The van der Waals surface area contributed by atoms with E-state index in [9.17, 15) is 4.79 Å². The Labute approximate surface area is 114 Å². The molecule has 0 fully saturated rings. The molecule has 1 heterocycles. The Morgan fingerprint density at radius 3 is 2.72 bits per heavy atom. The lowest BCUT2D eigenvalue weighted by molar-refractivity contribution is -0.115. The number of nitrogens with zero attached hydrogens (tertiary/aromatic N) is 1. The molecule has 4 nitrogen and oxygen atoms in total. The van der Waals surface area contributed by atoms with Gasteiger partial charge in [0.15, 0.2) is 0 Å². The molecule has 0 aliphatic rings. The number of hydrogen-bond donors (Lipinski definition) is 2. The molecule has 1 aromatic heterocycles. The van der Waals surface area contributed by atoms with E-state index in [1.807, 2.05) is 13.0 Å². The molecule has 2 aromatic rings. The van der Waals surface area contributed by atoms with Crippen molar-refractivity contribution in [2.24, 2.45) is 0 Å². The monoisotopic (exact) mass is 283 g/mol. The van der Waals surface area contributed by atoms with Crippen molar-refractivity contribution in [3.05, 3.63) is 45.7 Å². The van der Waals surface area contributed by atoms with Gasteiger partial charge < -0.3 is 5.32 Å². The standard InChI is InChI=1S/C12H11Cl2N3O/c1-7-4-9(17-16-7)6-12(18)15-8-2-3-10(13)11(14)5-8/h2-5H,6H2,1H3,(H,15,18)(H,16,17). The average Bonchev–Trinajstić information content (AvgIpc) is 2.69. The number of aromatic nitrogens is 2. The van der Waals surface area contributed by atoms with Crippen LogP contribution in [-0.4, -0.2) is 16.1 Å². The van der Waals surface area contributed by atoms with Crippen LogP contribution in [0.3, 0.4) is 0 Å². The van der Waals surface area contributed by atoms with Gasteiger partial charge in [0.05, 0.1) is 22.2 Å². The van der Waals surface area contributed by atoms with Gasteiger partial charge in [0.2, 0.25) is 5.91 Å². The van der Waals surface area contributed by atoms with Crippen LogP contribution >= 0.6 is 23.2 Å². The van der Waals surface area contributed by atoms with Crippen LogP contribution in [0, 0.1) is 6.92 Å². The van der Waals surface area contributed by atoms with Gasteiger partial charge in [-0.1, -0.05) is 23.2 Å². The van der Waals surface area contributed by atoms with E-state index >= 15 is 0 Å². The summed E-state index contributed by atoms with van der Waals surface area (Å²) in [4.78, 5) is 11.7. The summed E-state index contributed by atoms with van der Waals surface area (Å²) in [5.41, 5.74) is 2.24. The van der Waals surface area contributed by atoms with Gasteiger partial charge in [-0.2, -0.15) is 5.10 Å². The van der Waals surface area contributed by atoms with Gasteiger partial charge in [-0.25, -0.2) is 0 Å². The number of halogens is 2. The van der Waals surface area contributed by atoms with E-state index in [4.69, 9.17) is 23.2 Å². The summed E-state index contributed by atoms with van der Waals surface area (Å²) in [6, 6.07) is 6.77. The summed E-state index contributed by atoms with van der Waals surface area (Å²) >= 11 is 11.7. The minimum absolute atomic E-state index is 0.153. The van der Waals surface area contributed by atoms with Crippen molar-refractivity contribution in [3.63, 3.8) is 0 Å². The molecule has 2 N–H and O–H groups in total. The van der Waals surface area contributed by atoms with Crippen LogP contribution < -0.4 is 5.32 Å². The predicted octanol–water partition coefficient (Wildman–Crippen LogP) is 3.21. The van der Waals surface area contributed by atoms with Gasteiger partial charge >= 0.3 is 0 Å². The number of H-pyrrole nitrogens is 1. The Morgan fingerprint density at radius 1 is 1.33 bits per heavy atom. The molecule has 2 rings (SSSR count). The normalized spacial score (nSPS) is 10.4. The van der Waals surface area contributed by atoms with Crippen molar-refractivity contribution >= 4 is 34.8 Å². The Hall–Kier alpha value is -1.52. The summed E-state index contributed by atoms with van der Waals surface area (Å²) in [7, 11) is 0. The molecule has 1 amide bonds. The Kier molecular flexibility index (Phi) is 3.89. The Morgan fingerprint density at radius 2 is 2.11 bits per heavy atom. The minimum atomic E-state index is -0.153. The molecule has 0 bridgehead atoms. The van der Waals surface area contributed by atoms with Gasteiger partial charge in [-0.05, 0) is 31.2 Å². The van der Waals surface area contributed by atoms with Crippen LogP contribution in [-0.2, 0) is 11.2 Å². The first-order chi connectivity index (χ1) is 8.54. The number of nitrogens with one attached hydrogen (secondary N) is 2. The van der Waals surface area contributed by atoms with E-state index in [0.29, 0.717) is 21.4 Å². The fourth-order valence-electron chi connectivity index (χ4n) is 1.51. The molecule has 0 saturated heterocycles. The fraction of sp³-hybridized carbons (Fsp3) is 0.167. The summed E-state index contributed by atoms with van der Waals surface area (Å²) in [6.45, 7) is 1.88. The van der Waals surface area contributed by atoms with Crippen molar-refractivity contribution < 1.29 is 4.79 Å². The van der Waals surface area contributed by atoms with E-state index < -0.39 is 0 Å². The number of anilines is 1. The van der Waals surface area contributed by atoms with Gasteiger partial charge in [0.25, 0.3) is 0 Å². The highest BCUT2D eigenvalue weighted by molar-refractivity contribution is 6.42. The number of aryl methyl sites for hydroxylation is 1. The molecule has 0 spiro atoms. The highest BCUT2D eigenvalue weighted by Crippen LogP contribution is 2.25. The lowest BCUT2D eigenvalue weighted by atomic mass is 10.2. The molecule has 0 aliphatic heterocycles. The van der Waals surface area contributed by atoms with E-state index in [1.54, 1.807) is 18.2 Å². The van der Waals surface area contributed by atoms with Gasteiger partial charge in [-0.15, -0.1) is 0 Å². The smallest absolute Gasteiger partial charge is 0.230 e. The zero-order valence-corrected chi connectivity index (χ0v) is 11.1. The summed E-state index contributed by atoms with van der Waals surface area (Å²) in [5.74, 6) is -0.153. The first-order valence-electron chi connectivity index (χ1n) is 5.30. The topological polar surface area (TPSA) is 57.8 Å². The van der Waals surface area contributed by atoms with Crippen LogP contribution in [0.5, 0.6) is 0 Å². The van der Waals surface area contributed by atoms with Crippen molar-refractivity contribution in [2.75, 3.05) is 5.32 Å². The van der Waals surface area contributed by atoms with Crippen molar-refractivity contribution in [1.29, 1.82) is 0 Å². The lowest BCUT2D eigenvalue weighted by Gasteiger charge is -2.05. The highest BCUT2D eigenvalue weighted by Gasteiger charge is 2.07. The zero-order valence-electron chi connectivity index (χ0n) is 9.63. The highest BCUT2D eigenvalue weighted by atomic mass is 35.5.